The Bertz CT molecular complexity index is 888. The minimum absolute atomic E-state index is 0.0854. The molecule has 7 heteroatoms. The number of nitrogens with one attached hydrogen (secondary N) is 1. The van der Waals surface area contributed by atoms with Crippen LogP contribution < -0.4 is 14.8 Å². The lowest BCUT2D eigenvalue weighted by Gasteiger charge is -2.10. The van der Waals surface area contributed by atoms with Crippen LogP contribution in [0.5, 0.6) is 11.5 Å². The van der Waals surface area contributed by atoms with Gasteiger partial charge < -0.3 is 19.2 Å². The molecule has 0 aliphatic carbocycles. The summed E-state index contributed by atoms with van der Waals surface area (Å²) >= 11 is 0. The zero-order valence-corrected chi connectivity index (χ0v) is 14.7. The number of benzene rings is 2. The van der Waals surface area contributed by atoms with Gasteiger partial charge in [-0.25, -0.2) is 0 Å². The molecule has 1 heterocycles. The van der Waals surface area contributed by atoms with E-state index in [0.717, 1.165) is 5.75 Å². The van der Waals surface area contributed by atoms with E-state index >= 15 is 0 Å². The minimum atomic E-state index is -0.490. The smallest absolute Gasteiger partial charge is 0.313 e. The lowest BCUT2D eigenvalue weighted by atomic mass is 10.2. The Labute approximate surface area is 151 Å². The van der Waals surface area contributed by atoms with Gasteiger partial charge in [-0.15, -0.1) is 10.2 Å². The van der Waals surface area contributed by atoms with Crippen molar-refractivity contribution in [3.63, 3.8) is 0 Å². The van der Waals surface area contributed by atoms with Gasteiger partial charge in [-0.05, 0) is 50.2 Å². The van der Waals surface area contributed by atoms with Crippen molar-refractivity contribution in [3.05, 3.63) is 54.4 Å². The summed E-state index contributed by atoms with van der Waals surface area (Å²) in [5.41, 5.74) is 1.22. The largest absolute Gasteiger partial charge is 0.496 e. The number of amides is 1. The lowest BCUT2D eigenvalue weighted by Crippen LogP contribution is -2.12. The van der Waals surface area contributed by atoms with Crippen LogP contribution in [0.4, 0.5) is 5.69 Å². The number of hydrogen-bond donors (Lipinski definition) is 1. The normalized spacial score (nSPS) is 10.6. The molecule has 0 atom stereocenters. The third kappa shape index (κ3) is 4.00. The van der Waals surface area contributed by atoms with E-state index < -0.39 is 5.91 Å². The second-order valence-corrected chi connectivity index (χ2v) is 5.76. The van der Waals surface area contributed by atoms with Crippen LogP contribution in [0.25, 0.3) is 11.5 Å². The Hall–Kier alpha value is -3.35. The molecule has 0 saturated heterocycles. The molecule has 134 valence electrons. The van der Waals surface area contributed by atoms with E-state index in [1.54, 1.807) is 43.5 Å². The summed E-state index contributed by atoms with van der Waals surface area (Å²) in [7, 11) is 1.55. The predicted octanol–water partition coefficient (Wildman–Crippen LogP) is 3.78. The summed E-state index contributed by atoms with van der Waals surface area (Å²) in [6.07, 6.45) is 0.0854. The van der Waals surface area contributed by atoms with Crippen molar-refractivity contribution in [3.8, 4) is 23.0 Å². The number of anilines is 1. The van der Waals surface area contributed by atoms with E-state index in [1.165, 1.54) is 0 Å². The average molecular weight is 353 g/mol. The highest BCUT2D eigenvalue weighted by molar-refractivity contribution is 6.01. The van der Waals surface area contributed by atoms with Crippen LogP contribution in [0, 0.1) is 0 Å². The SMILES string of the molecule is COc1ccccc1-c1nnc(C(=O)Nc2ccc(OC(C)C)cc2)o1. The van der Waals surface area contributed by atoms with E-state index in [-0.39, 0.29) is 17.9 Å². The molecular weight excluding hydrogens is 334 g/mol. The first kappa shape index (κ1) is 17.5. The molecule has 0 aliphatic heterocycles. The molecule has 0 unspecified atom stereocenters. The summed E-state index contributed by atoms with van der Waals surface area (Å²) in [5, 5.41) is 10.4. The number of carbonyl (C=O) groups excluding carboxylic acids is 1. The first-order valence-corrected chi connectivity index (χ1v) is 8.12. The molecule has 0 fully saturated rings. The third-order valence-corrected chi connectivity index (χ3v) is 3.44. The van der Waals surface area contributed by atoms with Crippen molar-refractivity contribution in [1.82, 2.24) is 10.2 Å². The van der Waals surface area contributed by atoms with Gasteiger partial charge in [0.1, 0.15) is 11.5 Å². The second-order valence-electron chi connectivity index (χ2n) is 5.76. The number of para-hydroxylation sites is 1. The Morgan fingerprint density at radius 2 is 1.81 bits per heavy atom. The van der Waals surface area contributed by atoms with Gasteiger partial charge in [0.15, 0.2) is 0 Å². The zero-order chi connectivity index (χ0) is 18.5. The van der Waals surface area contributed by atoms with Crippen molar-refractivity contribution in [2.24, 2.45) is 0 Å². The van der Waals surface area contributed by atoms with E-state index in [9.17, 15) is 4.79 Å². The van der Waals surface area contributed by atoms with Crippen LogP contribution in [0.3, 0.4) is 0 Å². The number of hydrogen-bond acceptors (Lipinski definition) is 6. The van der Waals surface area contributed by atoms with Crippen LogP contribution >= 0.6 is 0 Å². The van der Waals surface area contributed by atoms with Crippen LogP contribution in [0.2, 0.25) is 0 Å². The summed E-state index contributed by atoms with van der Waals surface area (Å²) in [4.78, 5) is 12.3. The molecule has 0 bridgehead atoms. The molecule has 3 rings (SSSR count). The standard InChI is InChI=1S/C19H19N3O4/c1-12(2)25-14-10-8-13(9-11-14)20-17(23)19-22-21-18(26-19)15-6-4-5-7-16(15)24-3/h4-12H,1-3H3,(H,20,23). The Morgan fingerprint density at radius 3 is 2.50 bits per heavy atom. The van der Waals surface area contributed by atoms with Gasteiger partial charge in [-0.1, -0.05) is 12.1 Å². The van der Waals surface area contributed by atoms with E-state index in [4.69, 9.17) is 13.9 Å². The van der Waals surface area contributed by atoms with Gasteiger partial charge in [-0.3, -0.25) is 4.79 Å². The molecule has 3 aromatic rings. The van der Waals surface area contributed by atoms with Crippen molar-refractivity contribution >= 4 is 11.6 Å². The van der Waals surface area contributed by atoms with Gasteiger partial charge >= 0.3 is 11.8 Å². The average Bonchev–Trinajstić information content (AvgIpc) is 3.13. The summed E-state index contributed by atoms with van der Waals surface area (Å²) in [6, 6.07) is 14.3. The highest BCUT2D eigenvalue weighted by Gasteiger charge is 2.18. The van der Waals surface area contributed by atoms with Crippen LogP contribution in [0.1, 0.15) is 24.5 Å². The quantitative estimate of drug-likeness (QED) is 0.726. The minimum Gasteiger partial charge on any atom is -0.496 e. The number of aromatic nitrogens is 2. The molecule has 0 saturated carbocycles. The van der Waals surface area contributed by atoms with Crippen molar-refractivity contribution in [2.75, 3.05) is 12.4 Å². The summed E-state index contributed by atoms with van der Waals surface area (Å²) < 4.78 is 16.3. The monoisotopic (exact) mass is 353 g/mol. The van der Waals surface area contributed by atoms with Crippen LogP contribution in [-0.4, -0.2) is 29.3 Å². The van der Waals surface area contributed by atoms with Gasteiger partial charge in [0.2, 0.25) is 0 Å². The maximum absolute atomic E-state index is 12.3. The number of ether oxygens (including phenoxy) is 2. The first-order valence-electron chi connectivity index (χ1n) is 8.12. The topological polar surface area (TPSA) is 86.5 Å². The molecular formula is C19H19N3O4. The number of nitrogens with zero attached hydrogens (tertiary/aromatic N) is 2. The molecule has 0 radical (unpaired) electrons. The lowest BCUT2D eigenvalue weighted by molar-refractivity contribution is 0.0990. The Morgan fingerprint density at radius 1 is 1.08 bits per heavy atom. The first-order chi connectivity index (χ1) is 12.6. The second kappa shape index (κ2) is 7.69. The summed E-state index contributed by atoms with van der Waals surface area (Å²) in [6.45, 7) is 3.90. The van der Waals surface area contributed by atoms with E-state index in [1.807, 2.05) is 26.0 Å². The highest BCUT2D eigenvalue weighted by Crippen LogP contribution is 2.28. The van der Waals surface area contributed by atoms with Crippen molar-refractivity contribution in [1.29, 1.82) is 0 Å². The predicted molar refractivity (Wildman–Crippen MR) is 96.4 cm³/mol. The molecule has 0 spiro atoms. The maximum atomic E-state index is 12.3. The molecule has 1 amide bonds. The molecule has 1 N–H and O–H groups in total. The van der Waals surface area contributed by atoms with E-state index in [2.05, 4.69) is 15.5 Å². The fourth-order valence-corrected chi connectivity index (χ4v) is 2.32. The van der Waals surface area contributed by atoms with Gasteiger partial charge in [0.05, 0.1) is 18.8 Å². The molecule has 1 aromatic heterocycles. The number of methoxy groups -OCH3 is 1. The molecule has 7 nitrogen and oxygen atoms in total. The maximum Gasteiger partial charge on any atom is 0.313 e. The van der Waals surface area contributed by atoms with Gasteiger partial charge in [-0.2, -0.15) is 0 Å². The van der Waals surface area contributed by atoms with Crippen molar-refractivity contribution < 1.29 is 18.7 Å². The zero-order valence-electron chi connectivity index (χ0n) is 14.7. The third-order valence-electron chi connectivity index (χ3n) is 3.44. The van der Waals surface area contributed by atoms with Crippen molar-refractivity contribution in [2.45, 2.75) is 20.0 Å². The summed E-state index contributed by atoms with van der Waals surface area (Å²) in [5.74, 6) is 0.913. The van der Waals surface area contributed by atoms with E-state index in [0.29, 0.717) is 17.0 Å². The van der Waals surface area contributed by atoms with Crippen LogP contribution in [0.15, 0.2) is 52.9 Å². The fraction of sp³-hybridized carbons (Fsp3) is 0.211. The van der Waals surface area contributed by atoms with Gasteiger partial charge in [0.25, 0.3) is 5.89 Å². The van der Waals surface area contributed by atoms with Gasteiger partial charge in [0, 0.05) is 5.69 Å². The molecule has 0 aliphatic rings. The number of rotatable bonds is 6. The highest BCUT2D eigenvalue weighted by atomic mass is 16.5. The molecule has 2 aromatic carbocycles. The number of carbonyl (C=O) groups is 1. The molecule has 26 heavy (non-hydrogen) atoms. The fourth-order valence-electron chi connectivity index (χ4n) is 2.32. The Kier molecular flexibility index (Phi) is 5.17. The Balaban J connectivity index is 1.72. The van der Waals surface area contributed by atoms with Crippen LogP contribution in [-0.2, 0) is 0 Å².